The van der Waals surface area contributed by atoms with E-state index < -0.39 is 0 Å². The Morgan fingerprint density at radius 3 is 2.80 bits per heavy atom. The predicted octanol–water partition coefficient (Wildman–Crippen LogP) is 5.41. The van der Waals surface area contributed by atoms with Crippen molar-refractivity contribution >= 4 is 29.3 Å². The first-order valence-electron chi connectivity index (χ1n) is 8.60. The van der Waals surface area contributed by atoms with Crippen LogP contribution in [0.3, 0.4) is 0 Å². The summed E-state index contributed by atoms with van der Waals surface area (Å²) in [6.45, 7) is 3.59. The molecule has 2 aromatic rings. The molecule has 3 nitrogen and oxygen atoms in total. The molecule has 1 amide bonds. The van der Waals surface area contributed by atoms with E-state index in [1.807, 2.05) is 53.4 Å². The summed E-state index contributed by atoms with van der Waals surface area (Å²) >= 11 is 7.88. The van der Waals surface area contributed by atoms with E-state index in [4.69, 9.17) is 16.3 Å². The molecule has 5 heteroatoms. The van der Waals surface area contributed by atoms with Gasteiger partial charge in [-0.1, -0.05) is 37.1 Å². The van der Waals surface area contributed by atoms with Gasteiger partial charge in [-0.15, -0.1) is 11.8 Å². The number of thioether (sulfide) groups is 1. The second kappa shape index (κ2) is 8.63. The molecule has 0 N–H and O–H groups in total. The largest absolute Gasteiger partial charge is 0.494 e. The molecular formula is C20H22ClNO2S. The quantitative estimate of drug-likeness (QED) is 0.632. The van der Waals surface area contributed by atoms with Crippen LogP contribution in [-0.4, -0.2) is 29.7 Å². The lowest BCUT2D eigenvalue weighted by Crippen LogP contribution is -2.30. The van der Waals surface area contributed by atoms with E-state index >= 15 is 0 Å². The van der Waals surface area contributed by atoms with Gasteiger partial charge < -0.3 is 9.64 Å². The number of amides is 1. The van der Waals surface area contributed by atoms with E-state index in [2.05, 4.69) is 6.92 Å². The van der Waals surface area contributed by atoms with Gasteiger partial charge in [0.15, 0.2) is 0 Å². The van der Waals surface area contributed by atoms with Gasteiger partial charge in [-0.3, -0.25) is 4.79 Å². The Balaban J connectivity index is 1.71. The Morgan fingerprint density at radius 1 is 1.28 bits per heavy atom. The average Bonchev–Trinajstić information content (AvgIpc) is 3.12. The molecule has 1 saturated heterocycles. The Bertz CT molecular complexity index is 720. The zero-order valence-electron chi connectivity index (χ0n) is 14.3. The molecule has 25 heavy (non-hydrogen) atoms. The van der Waals surface area contributed by atoms with E-state index in [1.165, 1.54) is 0 Å². The normalized spacial score (nSPS) is 16.9. The van der Waals surface area contributed by atoms with Crippen molar-refractivity contribution in [1.29, 1.82) is 0 Å². The van der Waals surface area contributed by atoms with Crippen LogP contribution in [0.15, 0.2) is 48.5 Å². The Morgan fingerprint density at radius 2 is 2.08 bits per heavy atom. The SMILES string of the molecule is CCCCOc1ccc(C(=O)N2CCSC2c2cccc(Cl)c2)cc1. The summed E-state index contributed by atoms with van der Waals surface area (Å²) in [6.07, 6.45) is 2.14. The van der Waals surface area contributed by atoms with Crippen LogP contribution in [0.5, 0.6) is 5.75 Å². The van der Waals surface area contributed by atoms with Crippen LogP contribution < -0.4 is 4.74 Å². The van der Waals surface area contributed by atoms with E-state index in [0.29, 0.717) is 17.2 Å². The van der Waals surface area contributed by atoms with Gasteiger partial charge in [-0.05, 0) is 48.4 Å². The number of hydrogen-bond donors (Lipinski definition) is 0. The molecule has 0 saturated carbocycles. The van der Waals surface area contributed by atoms with Gasteiger partial charge >= 0.3 is 0 Å². The number of nitrogens with zero attached hydrogens (tertiary/aromatic N) is 1. The summed E-state index contributed by atoms with van der Waals surface area (Å²) in [5.41, 5.74) is 1.76. The molecule has 2 aromatic carbocycles. The van der Waals surface area contributed by atoms with Crippen molar-refractivity contribution < 1.29 is 9.53 Å². The molecule has 1 unspecified atom stereocenters. The van der Waals surface area contributed by atoms with Crippen LogP contribution in [0.1, 0.15) is 41.1 Å². The number of carbonyl (C=O) groups excluding carboxylic acids is 1. The first-order valence-corrected chi connectivity index (χ1v) is 10.0. The summed E-state index contributed by atoms with van der Waals surface area (Å²) in [7, 11) is 0. The second-order valence-corrected chi connectivity index (χ2v) is 7.63. The van der Waals surface area contributed by atoms with Gasteiger partial charge in [-0.2, -0.15) is 0 Å². The lowest BCUT2D eigenvalue weighted by atomic mass is 10.1. The van der Waals surface area contributed by atoms with Gasteiger partial charge in [0.05, 0.1) is 6.61 Å². The molecule has 0 bridgehead atoms. The number of benzene rings is 2. The van der Waals surface area contributed by atoms with Crippen molar-refractivity contribution in [2.75, 3.05) is 18.9 Å². The predicted molar refractivity (Wildman–Crippen MR) is 105 cm³/mol. The molecule has 0 radical (unpaired) electrons. The molecule has 0 spiro atoms. The van der Waals surface area contributed by atoms with Crippen LogP contribution in [0.2, 0.25) is 5.02 Å². The fourth-order valence-electron chi connectivity index (χ4n) is 2.81. The highest BCUT2D eigenvalue weighted by atomic mass is 35.5. The minimum Gasteiger partial charge on any atom is -0.494 e. The topological polar surface area (TPSA) is 29.5 Å². The van der Waals surface area contributed by atoms with Gasteiger partial charge in [0, 0.05) is 22.9 Å². The summed E-state index contributed by atoms with van der Waals surface area (Å²) in [5.74, 6) is 1.79. The summed E-state index contributed by atoms with van der Waals surface area (Å²) in [6, 6.07) is 15.2. The van der Waals surface area contributed by atoms with Crippen molar-refractivity contribution in [3.63, 3.8) is 0 Å². The van der Waals surface area contributed by atoms with Crippen LogP contribution in [0, 0.1) is 0 Å². The van der Waals surface area contributed by atoms with Gasteiger partial charge in [0.2, 0.25) is 0 Å². The smallest absolute Gasteiger partial charge is 0.255 e. The minimum atomic E-state index is 0.0201. The van der Waals surface area contributed by atoms with Gasteiger partial charge in [0.25, 0.3) is 5.91 Å². The highest BCUT2D eigenvalue weighted by molar-refractivity contribution is 7.99. The Kier molecular flexibility index (Phi) is 6.27. The second-order valence-electron chi connectivity index (χ2n) is 6.00. The van der Waals surface area contributed by atoms with E-state index in [9.17, 15) is 4.79 Å². The molecule has 1 heterocycles. The van der Waals surface area contributed by atoms with Gasteiger partial charge in [0.1, 0.15) is 11.1 Å². The van der Waals surface area contributed by atoms with E-state index in [0.717, 1.165) is 36.5 Å². The molecule has 1 atom stereocenters. The maximum atomic E-state index is 12.9. The molecule has 3 rings (SSSR count). The summed E-state index contributed by atoms with van der Waals surface area (Å²) < 4.78 is 5.67. The molecule has 1 aliphatic rings. The lowest BCUT2D eigenvalue weighted by molar-refractivity contribution is 0.0760. The summed E-state index contributed by atoms with van der Waals surface area (Å²) in [4.78, 5) is 14.8. The van der Waals surface area contributed by atoms with Gasteiger partial charge in [-0.25, -0.2) is 0 Å². The van der Waals surface area contributed by atoms with Crippen LogP contribution >= 0.6 is 23.4 Å². The highest BCUT2D eigenvalue weighted by Crippen LogP contribution is 2.39. The van der Waals surface area contributed by atoms with Crippen LogP contribution in [0.25, 0.3) is 0 Å². The fraction of sp³-hybridized carbons (Fsp3) is 0.350. The van der Waals surface area contributed by atoms with Crippen LogP contribution in [0.4, 0.5) is 0 Å². The molecule has 0 aromatic heterocycles. The molecule has 132 valence electrons. The third-order valence-corrected chi connectivity index (χ3v) is 5.65. The van der Waals surface area contributed by atoms with Crippen molar-refractivity contribution in [3.05, 3.63) is 64.7 Å². The number of carbonyl (C=O) groups is 1. The lowest BCUT2D eigenvalue weighted by Gasteiger charge is -2.24. The molecular weight excluding hydrogens is 354 g/mol. The number of rotatable bonds is 6. The Hall–Kier alpha value is -1.65. The maximum absolute atomic E-state index is 12.9. The first kappa shape index (κ1) is 18.2. The monoisotopic (exact) mass is 375 g/mol. The van der Waals surface area contributed by atoms with Crippen LogP contribution in [-0.2, 0) is 0 Å². The van der Waals surface area contributed by atoms with E-state index in [1.54, 1.807) is 11.8 Å². The number of unbranched alkanes of at least 4 members (excludes halogenated alkanes) is 1. The maximum Gasteiger partial charge on any atom is 0.255 e. The molecule has 0 aliphatic carbocycles. The van der Waals surface area contributed by atoms with Crippen molar-refractivity contribution in [2.24, 2.45) is 0 Å². The zero-order chi connectivity index (χ0) is 17.6. The Labute approximate surface area is 158 Å². The highest BCUT2D eigenvalue weighted by Gasteiger charge is 2.31. The third kappa shape index (κ3) is 4.50. The molecule has 1 fully saturated rings. The average molecular weight is 376 g/mol. The zero-order valence-corrected chi connectivity index (χ0v) is 15.9. The number of hydrogen-bond acceptors (Lipinski definition) is 3. The first-order chi connectivity index (χ1) is 12.2. The fourth-order valence-corrected chi connectivity index (χ4v) is 4.25. The molecule has 1 aliphatic heterocycles. The minimum absolute atomic E-state index is 0.0201. The number of ether oxygens (including phenoxy) is 1. The van der Waals surface area contributed by atoms with Crippen molar-refractivity contribution in [3.8, 4) is 5.75 Å². The standard InChI is InChI=1S/C20H22ClNO2S/c1-2-3-12-24-18-9-7-15(8-10-18)19(23)22-11-13-25-20(22)16-5-4-6-17(21)14-16/h4-10,14,20H,2-3,11-13H2,1H3. The third-order valence-electron chi connectivity index (χ3n) is 4.15. The summed E-state index contributed by atoms with van der Waals surface area (Å²) in [5, 5.41) is 0.720. The number of halogens is 1. The van der Waals surface area contributed by atoms with E-state index in [-0.39, 0.29) is 11.3 Å². The van der Waals surface area contributed by atoms with Crippen molar-refractivity contribution in [1.82, 2.24) is 4.90 Å². The van der Waals surface area contributed by atoms with Crippen molar-refractivity contribution in [2.45, 2.75) is 25.1 Å².